The van der Waals surface area contributed by atoms with Crippen LogP contribution in [0.15, 0.2) is 30.3 Å². The van der Waals surface area contributed by atoms with Crippen LogP contribution in [0.25, 0.3) is 0 Å². The third-order valence-electron chi connectivity index (χ3n) is 3.81. The van der Waals surface area contributed by atoms with Gasteiger partial charge in [-0.05, 0) is 29.3 Å². The van der Waals surface area contributed by atoms with Crippen LogP contribution in [0.5, 0.6) is 0 Å². The van der Waals surface area contributed by atoms with Crippen molar-refractivity contribution in [3.05, 3.63) is 56.2 Å². The number of ether oxygens (including phenoxy) is 1. The van der Waals surface area contributed by atoms with Gasteiger partial charge < -0.3 is 15.8 Å². The number of halogens is 1. The van der Waals surface area contributed by atoms with Crippen LogP contribution >= 0.6 is 22.9 Å². The molecule has 0 bridgehead atoms. The molecule has 3 N–H and O–H groups in total. The quantitative estimate of drug-likeness (QED) is 0.855. The average molecular weight is 365 g/mol. The fourth-order valence-corrected chi connectivity index (χ4v) is 3.92. The highest BCUT2D eigenvalue weighted by Gasteiger charge is 2.22. The van der Waals surface area contributed by atoms with Gasteiger partial charge in [0.15, 0.2) is 0 Å². The Bertz CT molecular complexity index is 751. The first kappa shape index (κ1) is 17.0. The van der Waals surface area contributed by atoms with Gasteiger partial charge >= 0.3 is 0 Å². The molecule has 3 rings (SSSR count). The number of carbonyl (C=O) groups is 2. The maximum atomic E-state index is 12.6. The monoisotopic (exact) mass is 364 g/mol. The van der Waals surface area contributed by atoms with E-state index in [1.54, 1.807) is 18.2 Å². The molecule has 1 aliphatic heterocycles. The third kappa shape index (κ3) is 3.95. The van der Waals surface area contributed by atoms with Crippen molar-refractivity contribution in [1.82, 2.24) is 5.32 Å². The zero-order valence-electron chi connectivity index (χ0n) is 12.9. The van der Waals surface area contributed by atoms with Crippen LogP contribution in [0.3, 0.4) is 0 Å². The molecule has 0 aliphatic carbocycles. The molecule has 2 aromatic rings. The minimum absolute atomic E-state index is 0.0142. The second kappa shape index (κ2) is 7.34. The molecule has 0 saturated carbocycles. The fraction of sp³-hybridized carbons (Fsp3) is 0.294. The van der Waals surface area contributed by atoms with E-state index in [9.17, 15) is 9.59 Å². The lowest BCUT2D eigenvalue weighted by Crippen LogP contribution is -2.31. The van der Waals surface area contributed by atoms with Gasteiger partial charge in [0.25, 0.3) is 5.91 Å². The summed E-state index contributed by atoms with van der Waals surface area (Å²) in [7, 11) is 0. The lowest BCUT2D eigenvalue weighted by molar-refractivity contribution is -0.118. The van der Waals surface area contributed by atoms with Gasteiger partial charge in [0.2, 0.25) is 5.91 Å². The van der Waals surface area contributed by atoms with Crippen LogP contribution in [0.2, 0.25) is 5.02 Å². The molecule has 1 aromatic carbocycles. The van der Waals surface area contributed by atoms with Crippen LogP contribution in [0.1, 0.15) is 38.1 Å². The van der Waals surface area contributed by atoms with Gasteiger partial charge in [0, 0.05) is 16.3 Å². The molecule has 24 heavy (non-hydrogen) atoms. The van der Waals surface area contributed by atoms with Crippen LogP contribution < -0.4 is 11.1 Å². The Hall–Kier alpha value is -1.89. The second-order valence-corrected chi connectivity index (χ2v) is 7.19. The minimum Gasteiger partial charge on any atom is -0.376 e. The molecule has 5 nitrogen and oxygen atoms in total. The van der Waals surface area contributed by atoms with Gasteiger partial charge in [0.1, 0.15) is 0 Å². The molecule has 1 atom stereocenters. The zero-order chi connectivity index (χ0) is 17.1. The molecule has 0 fully saturated rings. The van der Waals surface area contributed by atoms with Crippen molar-refractivity contribution in [1.29, 1.82) is 0 Å². The number of hydrogen-bond donors (Lipinski definition) is 2. The van der Waals surface area contributed by atoms with Crippen LogP contribution in [-0.2, 0) is 22.6 Å². The van der Waals surface area contributed by atoms with Gasteiger partial charge in [-0.3, -0.25) is 9.59 Å². The predicted octanol–water partition coefficient (Wildman–Crippen LogP) is 2.82. The van der Waals surface area contributed by atoms with Crippen LogP contribution in [-0.4, -0.2) is 18.4 Å². The number of fused-ring (bicyclic) bond motifs is 1. The molecular formula is C17H17ClN2O3S. The van der Waals surface area contributed by atoms with Crippen molar-refractivity contribution in [3.8, 4) is 0 Å². The summed E-state index contributed by atoms with van der Waals surface area (Å²) in [5.74, 6) is -0.709. The number of nitrogens with one attached hydrogen (secondary N) is 1. The Kier molecular flexibility index (Phi) is 5.18. The molecule has 0 radical (unpaired) electrons. The summed E-state index contributed by atoms with van der Waals surface area (Å²) in [5.41, 5.74) is 7.14. The molecule has 7 heteroatoms. The molecule has 1 aliphatic rings. The SMILES string of the molecule is NC(=O)C[C@@H](NC(=O)c1cc2c(s1)CCOC2)c1cccc(Cl)c1. The lowest BCUT2D eigenvalue weighted by Gasteiger charge is -2.17. The molecule has 0 saturated heterocycles. The van der Waals surface area contributed by atoms with Gasteiger partial charge in [-0.25, -0.2) is 0 Å². The van der Waals surface area contributed by atoms with E-state index < -0.39 is 11.9 Å². The number of primary amides is 1. The van der Waals surface area contributed by atoms with E-state index in [1.165, 1.54) is 16.2 Å². The number of nitrogens with two attached hydrogens (primary N) is 1. The van der Waals surface area contributed by atoms with Crippen LogP contribution in [0.4, 0.5) is 0 Å². The normalized spacial score (nSPS) is 14.7. The highest BCUT2D eigenvalue weighted by Crippen LogP contribution is 2.28. The molecular weight excluding hydrogens is 348 g/mol. The van der Waals surface area contributed by atoms with E-state index in [2.05, 4.69) is 5.32 Å². The number of amides is 2. The summed E-state index contributed by atoms with van der Waals surface area (Å²) in [6.45, 7) is 1.22. The predicted molar refractivity (Wildman–Crippen MR) is 93.1 cm³/mol. The fourth-order valence-electron chi connectivity index (χ4n) is 2.67. The summed E-state index contributed by atoms with van der Waals surface area (Å²) in [5, 5.41) is 3.43. The second-order valence-electron chi connectivity index (χ2n) is 5.61. The maximum Gasteiger partial charge on any atom is 0.261 e. The molecule has 2 heterocycles. The van der Waals surface area contributed by atoms with Crippen molar-refractivity contribution in [2.75, 3.05) is 6.61 Å². The van der Waals surface area contributed by atoms with E-state index in [0.717, 1.165) is 17.5 Å². The summed E-state index contributed by atoms with van der Waals surface area (Å²) >= 11 is 7.48. The summed E-state index contributed by atoms with van der Waals surface area (Å²) in [6.07, 6.45) is 0.840. The van der Waals surface area contributed by atoms with Crippen molar-refractivity contribution in [3.63, 3.8) is 0 Å². The Morgan fingerprint density at radius 3 is 2.92 bits per heavy atom. The minimum atomic E-state index is -0.510. The Morgan fingerprint density at radius 2 is 2.21 bits per heavy atom. The first-order chi connectivity index (χ1) is 11.5. The Morgan fingerprint density at radius 1 is 1.38 bits per heavy atom. The maximum absolute atomic E-state index is 12.6. The Balaban J connectivity index is 1.80. The lowest BCUT2D eigenvalue weighted by atomic mass is 10.0. The molecule has 126 valence electrons. The zero-order valence-corrected chi connectivity index (χ0v) is 14.5. The number of hydrogen-bond acceptors (Lipinski definition) is 4. The van der Waals surface area contributed by atoms with Gasteiger partial charge in [-0.2, -0.15) is 0 Å². The summed E-state index contributed by atoms with van der Waals surface area (Å²) in [6, 6.07) is 8.40. The topological polar surface area (TPSA) is 81.4 Å². The highest BCUT2D eigenvalue weighted by molar-refractivity contribution is 7.14. The highest BCUT2D eigenvalue weighted by atomic mass is 35.5. The Labute approximate surface area is 148 Å². The van der Waals surface area contributed by atoms with Crippen LogP contribution in [0, 0.1) is 0 Å². The van der Waals surface area contributed by atoms with E-state index >= 15 is 0 Å². The number of rotatable bonds is 5. The summed E-state index contributed by atoms with van der Waals surface area (Å²) in [4.78, 5) is 25.7. The van der Waals surface area contributed by atoms with Crippen molar-refractivity contribution >= 4 is 34.8 Å². The van der Waals surface area contributed by atoms with Crippen molar-refractivity contribution in [2.45, 2.75) is 25.5 Å². The van der Waals surface area contributed by atoms with Crippen molar-refractivity contribution < 1.29 is 14.3 Å². The molecule has 0 unspecified atom stereocenters. The first-order valence-corrected chi connectivity index (χ1v) is 8.76. The number of benzene rings is 1. The number of carbonyl (C=O) groups excluding carboxylic acids is 2. The van der Waals surface area contributed by atoms with E-state index in [1.807, 2.05) is 12.1 Å². The van der Waals surface area contributed by atoms with Gasteiger partial charge in [0.05, 0.1) is 30.6 Å². The van der Waals surface area contributed by atoms with E-state index in [4.69, 9.17) is 22.1 Å². The van der Waals surface area contributed by atoms with E-state index in [0.29, 0.717) is 23.1 Å². The standard InChI is InChI=1S/C17H17ClN2O3S/c18-12-3-1-2-10(6-12)13(8-16(19)21)20-17(22)15-7-11-9-23-5-4-14(11)24-15/h1-3,6-7,13H,4-5,8-9H2,(H2,19,21)(H,20,22)/t13-/m1/s1. The molecule has 1 aromatic heterocycles. The van der Waals surface area contributed by atoms with Gasteiger partial charge in [-0.15, -0.1) is 11.3 Å². The third-order valence-corrected chi connectivity index (χ3v) is 5.28. The van der Waals surface area contributed by atoms with Gasteiger partial charge in [-0.1, -0.05) is 23.7 Å². The smallest absolute Gasteiger partial charge is 0.261 e. The number of thiophene rings is 1. The van der Waals surface area contributed by atoms with Crippen molar-refractivity contribution in [2.24, 2.45) is 5.73 Å². The average Bonchev–Trinajstić information content (AvgIpc) is 2.98. The first-order valence-electron chi connectivity index (χ1n) is 7.57. The van der Waals surface area contributed by atoms with E-state index in [-0.39, 0.29) is 12.3 Å². The largest absolute Gasteiger partial charge is 0.376 e. The molecule has 2 amide bonds. The summed E-state index contributed by atoms with van der Waals surface area (Å²) < 4.78 is 5.40. The molecule has 0 spiro atoms.